The van der Waals surface area contributed by atoms with Gasteiger partial charge in [-0.1, -0.05) is 25.3 Å². The number of rotatable bonds is 5. The molecular formula is C19H29N3O2. The average molecular weight is 331 g/mol. The van der Waals surface area contributed by atoms with Gasteiger partial charge < -0.3 is 9.64 Å². The predicted molar refractivity (Wildman–Crippen MR) is 93.8 cm³/mol. The summed E-state index contributed by atoms with van der Waals surface area (Å²) in [5.41, 5.74) is 1.12. The van der Waals surface area contributed by atoms with Crippen LogP contribution in [0, 0.1) is 0 Å². The highest BCUT2D eigenvalue weighted by molar-refractivity contribution is 5.78. The highest BCUT2D eigenvalue weighted by atomic mass is 16.5. The van der Waals surface area contributed by atoms with Crippen LogP contribution in [-0.4, -0.2) is 66.1 Å². The number of likely N-dealkylation sites (N-methyl/N-ethyl adjacent to an activating group) is 1. The van der Waals surface area contributed by atoms with Crippen LogP contribution < -0.4 is 0 Å². The van der Waals surface area contributed by atoms with Gasteiger partial charge in [0.25, 0.3) is 0 Å². The van der Waals surface area contributed by atoms with Crippen molar-refractivity contribution in [1.29, 1.82) is 0 Å². The van der Waals surface area contributed by atoms with Crippen LogP contribution >= 0.6 is 0 Å². The van der Waals surface area contributed by atoms with Crippen molar-refractivity contribution in [2.24, 2.45) is 0 Å². The summed E-state index contributed by atoms with van der Waals surface area (Å²) >= 11 is 0. The molecule has 0 bridgehead atoms. The smallest absolute Gasteiger partial charge is 0.226 e. The topological polar surface area (TPSA) is 45.7 Å². The van der Waals surface area contributed by atoms with Crippen LogP contribution in [0.5, 0.6) is 0 Å². The van der Waals surface area contributed by atoms with E-state index in [9.17, 15) is 4.79 Å². The number of pyridine rings is 1. The fourth-order valence-electron chi connectivity index (χ4n) is 4.16. The molecule has 24 heavy (non-hydrogen) atoms. The van der Waals surface area contributed by atoms with Gasteiger partial charge in [0.15, 0.2) is 0 Å². The number of nitrogens with zero attached hydrogens (tertiary/aromatic N) is 3. The molecule has 1 amide bonds. The van der Waals surface area contributed by atoms with E-state index < -0.39 is 0 Å². The van der Waals surface area contributed by atoms with Gasteiger partial charge >= 0.3 is 0 Å². The van der Waals surface area contributed by atoms with Crippen molar-refractivity contribution in [3.8, 4) is 0 Å². The monoisotopic (exact) mass is 331 g/mol. The number of aromatic nitrogens is 1. The molecule has 0 N–H and O–H groups in total. The lowest BCUT2D eigenvalue weighted by molar-refractivity contribution is -0.132. The van der Waals surface area contributed by atoms with E-state index in [1.807, 2.05) is 24.1 Å². The van der Waals surface area contributed by atoms with E-state index in [2.05, 4.69) is 9.88 Å². The first kappa shape index (κ1) is 17.4. The molecule has 1 aliphatic heterocycles. The third-order valence-corrected chi connectivity index (χ3v) is 5.50. The maximum absolute atomic E-state index is 12.7. The Morgan fingerprint density at radius 3 is 2.71 bits per heavy atom. The quantitative estimate of drug-likeness (QED) is 0.829. The summed E-state index contributed by atoms with van der Waals surface area (Å²) in [7, 11) is 1.95. The van der Waals surface area contributed by atoms with Crippen LogP contribution in [0.4, 0.5) is 0 Å². The van der Waals surface area contributed by atoms with Crippen LogP contribution in [0.25, 0.3) is 0 Å². The minimum atomic E-state index is 0.140. The van der Waals surface area contributed by atoms with Crippen LogP contribution in [0.15, 0.2) is 24.5 Å². The zero-order valence-electron chi connectivity index (χ0n) is 14.7. The SMILES string of the molecule is CN(CC1(N2CCOCC2)CCCCC1)C(=O)Cc1cccnc1. The van der Waals surface area contributed by atoms with Crippen LogP contribution in [0.2, 0.25) is 0 Å². The summed E-state index contributed by atoms with van der Waals surface area (Å²) < 4.78 is 5.54. The molecule has 0 spiro atoms. The van der Waals surface area contributed by atoms with Gasteiger partial charge in [-0.2, -0.15) is 0 Å². The molecule has 5 heteroatoms. The summed E-state index contributed by atoms with van der Waals surface area (Å²) in [6, 6.07) is 3.86. The van der Waals surface area contributed by atoms with Gasteiger partial charge in [0.05, 0.1) is 19.6 Å². The Hall–Kier alpha value is -1.46. The van der Waals surface area contributed by atoms with Gasteiger partial charge in [-0.05, 0) is 24.5 Å². The molecule has 1 aliphatic carbocycles. The van der Waals surface area contributed by atoms with Crippen molar-refractivity contribution in [2.45, 2.75) is 44.1 Å². The molecule has 5 nitrogen and oxygen atoms in total. The average Bonchev–Trinajstić information content (AvgIpc) is 2.64. The molecule has 0 radical (unpaired) electrons. The summed E-state index contributed by atoms with van der Waals surface area (Å²) in [6.45, 7) is 4.44. The second-order valence-corrected chi connectivity index (χ2v) is 7.17. The highest BCUT2D eigenvalue weighted by Gasteiger charge is 2.40. The molecule has 0 atom stereocenters. The highest BCUT2D eigenvalue weighted by Crippen LogP contribution is 2.35. The second-order valence-electron chi connectivity index (χ2n) is 7.17. The number of hydrogen-bond acceptors (Lipinski definition) is 4. The zero-order valence-corrected chi connectivity index (χ0v) is 14.7. The molecule has 132 valence electrons. The predicted octanol–water partition coefficient (Wildman–Crippen LogP) is 2.12. The molecule has 0 aromatic carbocycles. The van der Waals surface area contributed by atoms with Crippen molar-refractivity contribution in [3.63, 3.8) is 0 Å². The normalized spacial score (nSPS) is 21.4. The molecule has 1 aromatic heterocycles. The lowest BCUT2D eigenvalue weighted by Crippen LogP contribution is -2.60. The van der Waals surface area contributed by atoms with Gasteiger partial charge in [0.2, 0.25) is 5.91 Å². The van der Waals surface area contributed by atoms with Gasteiger partial charge in [-0.3, -0.25) is 14.7 Å². The van der Waals surface area contributed by atoms with E-state index >= 15 is 0 Å². The van der Waals surface area contributed by atoms with Crippen molar-refractivity contribution in [2.75, 3.05) is 39.9 Å². The fraction of sp³-hybridized carbons (Fsp3) is 0.684. The van der Waals surface area contributed by atoms with E-state index in [4.69, 9.17) is 4.74 Å². The van der Waals surface area contributed by atoms with Crippen molar-refractivity contribution in [3.05, 3.63) is 30.1 Å². The third-order valence-electron chi connectivity index (χ3n) is 5.50. The summed E-state index contributed by atoms with van der Waals surface area (Å²) in [6.07, 6.45) is 10.2. The van der Waals surface area contributed by atoms with E-state index in [1.54, 1.807) is 12.4 Å². The van der Waals surface area contributed by atoms with Crippen LogP contribution in [-0.2, 0) is 16.0 Å². The molecule has 1 saturated heterocycles. The minimum Gasteiger partial charge on any atom is -0.379 e. The van der Waals surface area contributed by atoms with Gasteiger partial charge in [-0.15, -0.1) is 0 Å². The number of morpholine rings is 1. The summed E-state index contributed by atoms with van der Waals surface area (Å²) in [5.74, 6) is 0.182. The first-order valence-electron chi connectivity index (χ1n) is 9.15. The Labute approximate surface area is 145 Å². The standard InChI is InChI=1S/C19H29N3O2/c1-21(18(23)14-17-6-5-9-20-15-17)16-19(7-3-2-4-8-19)22-10-12-24-13-11-22/h5-6,9,15H,2-4,7-8,10-14,16H2,1H3. The molecule has 2 heterocycles. The Balaban J connectivity index is 1.66. The Morgan fingerprint density at radius 1 is 1.29 bits per heavy atom. The van der Waals surface area contributed by atoms with E-state index in [1.165, 1.54) is 32.1 Å². The van der Waals surface area contributed by atoms with E-state index in [-0.39, 0.29) is 11.4 Å². The number of carbonyl (C=O) groups excluding carboxylic acids is 1. The molecule has 1 aromatic rings. The second kappa shape index (κ2) is 8.08. The summed E-state index contributed by atoms with van der Waals surface area (Å²) in [4.78, 5) is 21.3. The minimum absolute atomic E-state index is 0.140. The third kappa shape index (κ3) is 4.14. The molecule has 2 fully saturated rings. The number of carbonyl (C=O) groups is 1. The summed E-state index contributed by atoms with van der Waals surface area (Å²) in [5, 5.41) is 0. The van der Waals surface area contributed by atoms with E-state index in [0.29, 0.717) is 6.42 Å². The van der Waals surface area contributed by atoms with Crippen molar-refractivity contribution >= 4 is 5.91 Å². The fourth-order valence-corrected chi connectivity index (χ4v) is 4.16. The lowest BCUT2D eigenvalue weighted by atomic mass is 9.79. The zero-order chi connectivity index (χ0) is 16.8. The first-order valence-corrected chi connectivity index (χ1v) is 9.15. The van der Waals surface area contributed by atoms with Crippen LogP contribution in [0.1, 0.15) is 37.7 Å². The number of ether oxygens (including phenoxy) is 1. The van der Waals surface area contributed by atoms with Gasteiger partial charge in [0, 0.05) is 44.6 Å². The molecular weight excluding hydrogens is 302 g/mol. The Bertz CT molecular complexity index is 523. The van der Waals surface area contributed by atoms with Crippen molar-refractivity contribution < 1.29 is 9.53 Å². The largest absolute Gasteiger partial charge is 0.379 e. The van der Waals surface area contributed by atoms with Gasteiger partial charge in [0.1, 0.15) is 0 Å². The van der Waals surface area contributed by atoms with Crippen molar-refractivity contribution in [1.82, 2.24) is 14.8 Å². The maximum atomic E-state index is 12.7. The first-order chi connectivity index (χ1) is 11.7. The lowest BCUT2D eigenvalue weighted by Gasteiger charge is -2.49. The number of amides is 1. The number of hydrogen-bond donors (Lipinski definition) is 0. The molecule has 0 unspecified atom stereocenters. The van der Waals surface area contributed by atoms with Crippen LogP contribution in [0.3, 0.4) is 0 Å². The Morgan fingerprint density at radius 2 is 2.04 bits per heavy atom. The molecule has 3 rings (SSSR count). The Kier molecular flexibility index (Phi) is 5.85. The van der Waals surface area contributed by atoms with E-state index in [0.717, 1.165) is 38.4 Å². The molecule has 2 aliphatic rings. The molecule has 1 saturated carbocycles. The van der Waals surface area contributed by atoms with Gasteiger partial charge in [-0.25, -0.2) is 0 Å². The maximum Gasteiger partial charge on any atom is 0.226 e.